The highest BCUT2D eigenvalue weighted by Gasteiger charge is 2.13. The zero-order chi connectivity index (χ0) is 13.0. The number of amides is 1. The largest absolute Gasteiger partial charge is 0.478 e. The summed E-state index contributed by atoms with van der Waals surface area (Å²) in [5.74, 6) is -1.51. The molecule has 0 bridgehead atoms. The van der Waals surface area contributed by atoms with Crippen LogP contribution in [-0.2, 0) is 9.59 Å². The molecule has 0 saturated heterocycles. The Morgan fingerprint density at radius 2 is 1.94 bits per heavy atom. The molecule has 0 aliphatic rings. The van der Waals surface area contributed by atoms with Gasteiger partial charge in [-0.3, -0.25) is 9.78 Å². The summed E-state index contributed by atoms with van der Waals surface area (Å²) < 4.78 is 0. The molecule has 0 unspecified atom stereocenters. The van der Waals surface area contributed by atoms with Gasteiger partial charge in [0.25, 0.3) is 5.91 Å². The van der Waals surface area contributed by atoms with Crippen molar-refractivity contribution in [3.63, 3.8) is 0 Å². The molecule has 90 valence electrons. The highest BCUT2D eigenvalue weighted by Crippen LogP contribution is 2.14. The van der Waals surface area contributed by atoms with Crippen molar-refractivity contribution in [1.29, 1.82) is 0 Å². The number of anilines is 1. The summed E-state index contributed by atoms with van der Waals surface area (Å²) >= 11 is 0. The van der Waals surface area contributed by atoms with Gasteiger partial charge in [-0.05, 0) is 32.4 Å². The van der Waals surface area contributed by atoms with Gasteiger partial charge in [0.15, 0.2) is 0 Å². The van der Waals surface area contributed by atoms with Gasteiger partial charge in [-0.1, -0.05) is 0 Å². The molecule has 0 radical (unpaired) electrons. The summed E-state index contributed by atoms with van der Waals surface area (Å²) in [7, 11) is 0. The standard InChI is InChI=1S/C12H14N2O3/c1-7-6-13-5-4-10(7)14-11(15)8(2)9(3)12(16)17/h4-6H,1-3H3,(H,16,17)(H,13,14,15)/b9-8-. The van der Waals surface area contributed by atoms with Crippen LogP contribution >= 0.6 is 0 Å². The number of nitrogens with one attached hydrogen (secondary N) is 1. The van der Waals surface area contributed by atoms with Crippen molar-refractivity contribution in [3.8, 4) is 0 Å². The number of aliphatic carboxylic acids is 1. The zero-order valence-corrected chi connectivity index (χ0v) is 9.94. The Morgan fingerprint density at radius 3 is 2.47 bits per heavy atom. The number of carboxylic acids is 1. The Labute approximate surface area is 99.2 Å². The Hall–Kier alpha value is -2.17. The molecule has 1 rings (SSSR count). The van der Waals surface area contributed by atoms with Gasteiger partial charge >= 0.3 is 5.97 Å². The summed E-state index contributed by atoms with van der Waals surface area (Å²) in [6.07, 6.45) is 3.18. The van der Waals surface area contributed by atoms with Gasteiger partial charge in [-0.15, -0.1) is 0 Å². The highest BCUT2D eigenvalue weighted by atomic mass is 16.4. The van der Waals surface area contributed by atoms with Crippen molar-refractivity contribution in [2.45, 2.75) is 20.8 Å². The van der Waals surface area contributed by atoms with E-state index in [-0.39, 0.29) is 11.1 Å². The summed E-state index contributed by atoms with van der Waals surface area (Å²) in [6.45, 7) is 4.69. The third-order valence-corrected chi connectivity index (χ3v) is 2.49. The fraction of sp³-hybridized carbons (Fsp3) is 0.250. The van der Waals surface area contributed by atoms with E-state index >= 15 is 0 Å². The van der Waals surface area contributed by atoms with Crippen LogP contribution in [0.1, 0.15) is 19.4 Å². The topological polar surface area (TPSA) is 79.3 Å². The molecule has 0 atom stereocenters. The molecule has 0 fully saturated rings. The maximum atomic E-state index is 11.8. The lowest BCUT2D eigenvalue weighted by molar-refractivity contribution is -0.133. The first-order valence-electron chi connectivity index (χ1n) is 5.06. The van der Waals surface area contributed by atoms with Crippen molar-refractivity contribution >= 4 is 17.6 Å². The number of hydrogen-bond acceptors (Lipinski definition) is 3. The van der Waals surface area contributed by atoms with Crippen LogP contribution in [0.25, 0.3) is 0 Å². The first-order chi connectivity index (χ1) is 7.93. The van der Waals surface area contributed by atoms with Crippen molar-refractivity contribution in [1.82, 2.24) is 4.98 Å². The van der Waals surface area contributed by atoms with E-state index in [0.717, 1.165) is 5.56 Å². The normalized spacial score (nSPS) is 11.7. The van der Waals surface area contributed by atoms with E-state index in [4.69, 9.17) is 5.11 Å². The van der Waals surface area contributed by atoms with Crippen LogP contribution in [0.2, 0.25) is 0 Å². The molecule has 0 spiro atoms. The predicted molar refractivity (Wildman–Crippen MR) is 63.6 cm³/mol. The number of rotatable bonds is 3. The number of pyridine rings is 1. The number of carbonyl (C=O) groups excluding carboxylic acids is 1. The van der Waals surface area contributed by atoms with Gasteiger partial charge < -0.3 is 10.4 Å². The number of carboxylic acid groups (broad SMARTS) is 1. The third-order valence-electron chi connectivity index (χ3n) is 2.49. The molecule has 0 aliphatic carbocycles. The van der Waals surface area contributed by atoms with Gasteiger partial charge in [-0.25, -0.2) is 4.79 Å². The van der Waals surface area contributed by atoms with E-state index < -0.39 is 11.9 Å². The monoisotopic (exact) mass is 234 g/mol. The zero-order valence-electron chi connectivity index (χ0n) is 9.94. The van der Waals surface area contributed by atoms with Crippen molar-refractivity contribution in [3.05, 3.63) is 35.2 Å². The van der Waals surface area contributed by atoms with Crippen LogP contribution in [-0.4, -0.2) is 22.0 Å². The Kier molecular flexibility index (Phi) is 3.98. The molecule has 1 aromatic heterocycles. The second-order valence-electron chi connectivity index (χ2n) is 3.70. The molecule has 1 heterocycles. The fourth-order valence-corrected chi connectivity index (χ4v) is 1.16. The SMILES string of the molecule is C/C(C(=O)O)=C(\C)C(=O)Nc1ccncc1C. The lowest BCUT2D eigenvalue weighted by atomic mass is 10.1. The lowest BCUT2D eigenvalue weighted by Gasteiger charge is -2.08. The molecular formula is C12H14N2O3. The Morgan fingerprint density at radius 1 is 1.29 bits per heavy atom. The van der Waals surface area contributed by atoms with Gasteiger partial charge in [0.1, 0.15) is 0 Å². The highest BCUT2D eigenvalue weighted by molar-refractivity contribution is 6.08. The number of carbonyl (C=O) groups is 2. The fourth-order valence-electron chi connectivity index (χ4n) is 1.16. The molecule has 1 aromatic rings. The number of aryl methyl sites for hydroxylation is 1. The minimum absolute atomic E-state index is 0.0363. The van der Waals surface area contributed by atoms with Crippen molar-refractivity contribution in [2.24, 2.45) is 0 Å². The molecule has 17 heavy (non-hydrogen) atoms. The smallest absolute Gasteiger partial charge is 0.331 e. The van der Waals surface area contributed by atoms with Crippen LogP contribution < -0.4 is 5.32 Å². The minimum Gasteiger partial charge on any atom is -0.478 e. The van der Waals surface area contributed by atoms with Gasteiger partial charge in [-0.2, -0.15) is 0 Å². The molecule has 0 aromatic carbocycles. The van der Waals surface area contributed by atoms with Crippen LogP contribution in [0.4, 0.5) is 5.69 Å². The summed E-state index contributed by atoms with van der Waals surface area (Å²) in [5, 5.41) is 11.4. The van der Waals surface area contributed by atoms with Crippen LogP contribution in [0, 0.1) is 6.92 Å². The van der Waals surface area contributed by atoms with Crippen molar-refractivity contribution < 1.29 is 14.7 Å². The maximum Gasteiger partial charge on any atom is 0.331 e. The first kappa shape index (κ1) is 12.9. The second-order valence-corrected chi connectivity index (χ2v) is 3.70. The van der Waals surface area contributed by atoms with E-state index in [1.807, 2.05) is 6.92 Å². The van der Waals surface area contributed by atoms with Gasteiger partial charge in [0.05, 0.1) is 0 Å². The van der Waals surface area contributed by atoms with Crippen LogP contribution in [0.15, 0.2) is 29.6 Å². The second kappa shape index (κ2) is 5.25. The summed E-state index contributed by atoms with van der Waals surface area (Å²) in [6, 6.07) is 1.66. The number of aromatic nitrogens is 1. The molecule has 0 saturated carbocycles. The molecule has 0 aliphatic heterocycles. The molecular weight excluding hydrogens is 220 g/mol. The van der Waals surface area contributed by atoms with Crippen LogP contribution in [0.5, 0.6) is 0 Å². The van der Waals surface area contributed by atoms with E-state index in [1.54, 1.807) is 18.5 Å². The van der Waals surface area contributed by atoms with E-state index in [2.05, 4.69) is 10.3 Å². The van der Waals surface area contributed by atoms with E-state index in [0.29, 0.717) is 5.69 Å². The number of hydrogen-bond donors (Lipinski definition) is 2. The lowest BCUT2D eigenvalue weighted by Crippen LogP contribution is -2.16. The van der Waals surface area contributed by atoms with Crippen molar-refractivity contribution in [2.75, 3.05) is 5.32 Å². The number of nitrogens with zero attached hydrogens (tertiary/aromatic N) is 1. The average molecular weight is 234 g/mol. The van der Waals surface area contributed by atoms with Gasteiger partial charge in [0, 0.05) is 29.2 Å². The van der Waals surface area contributed by atoms with E-state index in [1.165, 1.54) is 13.8 Å². The van der Waals surface area contributed by atoms with Crippen LogP contribution in [0.3, 0.4) is 0 Å². The molecule has 5 nitrogen and oxygen atoms in total. The quantitative estimate of drug-likeness (QED) is 0.781. The Balaban J connectivity index is 2.91. The van der Waals surface area contributed by atoms with Gasteiger partial charge in [0.2, 0.25) is 0 Å². The average Bonchev–Trinajstić information content (AvgIpc) is 2.30. The molecule has 2 N–H and O–H groups in total. The third kappa shape index (κ3) is 3.14. The summed E-state index contributed by atoms with van der Waals surface area (Å²) in [4.78, 5) is 26.4. The summed E-state index contributed by atoms with van der Waals surface area (Å²) in [5.41, 5.74) is 1.67. The molecule has 1 amide bonds. The maximum absolute atomic E-state index is 11.8. The van der Waals surface area contributed by atoms with E-state index in [9.17, 15) is 9.59 Å². The minimum atomic E-state index is -1.09. The Bertz CT molecular complexity index is 492. The predicted octanol–water partition coefficient (Wildman–Crippen LogP) is 1.75. The first-order valence-corrected chi connectivity index (χ1v) is 5.06. The molecule has 5 heteroatoms.